The van der Waals surface area contributed by atoms with Crippen LogP contribution in [-0.2, 0) is 11.3 Å². The van der Waals surface area contributed by atoms with E-state index in [0.29, 0.717) is 15.6 Å². The van der Waals surface area contributed by atoms with Gasteiger partial charge in [-0.3, -0.25) is 0 Å². The fraction of sp³-hybridized carbons (Fsp3) is 0.143. The summed E-state index contributed by atoms with van der Waals surface area (Å²) in [5.41, 5.74) is 1.37. The topological polar surface area (TPSA) is 29.5 Å². The molecule has 0 saturated heterocycles. The molecule has 1 unspecified atom stereocenters. The number of benzene rings is 2. The lowest BCUT2D eigenvalue weighted by Crippen LogP contribution is -2.04. The van der Waals surface area contributed by atoms with Gasteiger partial charge in [0.1, 0.15) is 0 Å². The van der Waals surface area contributed by atoms with Gasteiger partial charge in [0.2, 0.25) is 0 Å². The van der Waals surface area contributed by atoms with Crippen LogP contribution in [-0.4, -0.2) is 5.11 Å². The molecule has 2 nitrogen and oxygen atoms in total. The molecule has 0 spiro atoms. The van der Waals surface area contributed by atoms with Gasteiger partial charge in [-0.25, -0.2) is 0 Å². The number of ether oxygens (including phenoxy) is 1. The predicted octanol–water partition coefficient (Wildman–Crippen LogP) is 4.20. The van der Waals surface area contributed by atoms with Gasteiger partial charge in [-0.15, -0.1) is 0 Å². The lowest BCUT2D eigenvalue weighted by molar-refractivity contribution is -0.111. The maximum atomic E-state index is 9.90. The minimum atomic E-state index is -1.06. The maximum Gasteiger partial charge on any atom is 0.183 e. The van der Waals surface area contributed by atoms with E-state index in [4.69, 9.17) is 27.9 Å². The molecule has 0 aliphatic carbocycles. The lowest BCUT2D eigenvalue weighted by Gasteiger charge is -2.14. The summed E-state index contributed by atoms with van der Waals surface area (Å²) in [6.07, 6.45) is -1.06. The fourth-order valence-electron chi connectivity index (χ4n) is 1.55. The number of aliphatic hydroxyl groups is 1. The molecule has 0 heterocycles. The van der Waals surface area contributed by atoms with E-state index in [1.165, 1.54) is 0 Å². The summed E-state index contributed by atoms with van der Waals surface area (Å²) in [4.78, 5) is 0. The third kappa shape index (κ3) is 3.24. The van der Waals surface area contributed by atoms with Gasteiger partial charge < -0.3 is 9.84 Å². The number of rotatable bonds is 4. The number of aliphatic hydroxyl groups excluding tert-OH is 1. The van der Waals surface area contributed by atoms with E-state index in [-0.39, 0.29) is 6.61 Å². The molecule has 0 amide bonds. The van der Waals surface area contributed by atoms with Gasteiger partial charge in [-0.05, 0) is 17.7 Å². The van der Waals surface area contributed by atoms with Gasteiger partial charge in [0, 0.05) is 15.6 Å². The van der Waals surface area contributed by atoms with Crippen LogP contribution in [0.2, 0.25) is 10.0 Å². The first kappa shape index (κ1) is 13.4. The Kier molecular flexibility index (Phi) is 4.61. The van der Waals surface area contributed by atoms with Crippen molar-refractivity contribution in [3.63, 3.8) is 0 Å². The van der Waals surface area contributed by atoms with Gasteiger partial charge in [0.15, 0.2) is 6.29 Å². The van der Waals surface area contributed by atoms with Crippen molar-refractivity contribution in [2.45, 2.75) is 12.9 Å². The Bertz CT molecular complexity index is 529. The monoisotopic (exact) mass is 282 g/mol. The Morgan fingerprint density at radius 2 is 1.56 bits per heavy atom. The van der Waals surface area contributed by atoms with Crippen molar-refractivity contribution >= 4 is 23.2 Å². The summed E-state index contributed by atoms with van der Waals surface area (Å²) < 4.78 is 5.36. The molecule has 4 heteroatoms. The van der Waals surface area contributed by atoms with Crippen molar-refractivity contribution in [3.05, 3.63) is 69.7 Å². The summed E-state index contributed by atoms with van der Waals surface area (Å²) in [7, 11) is 0. The molecule has 0 bridgehead atoms. The zero-order valence-corrected chi connectivity index (χ0v) is 11.0. The van der Waals surface area contributed by atoms with Crippen molar-refractivity contribution in [1.82, 2.24) is 0 Å². The summed E-state index contributed by atoms with van der Waals surface area (Å²) in [5, 5.41) is 11.0. The van der Waals surface area contributed by atoms with E-state index in [9.17, 15) is 5.11 Å². The van der Waals surface area contributed by atoms with Gasteiger partial charge in [0.05, 0.1) is 6.61 Å². The zero-order chi connectivity index (χ0) is 13.0. The van der Waals surface area contributed by atoms with E-state index in [2.05, 4.69) is 0 Å². The Labute approximate surface area is 116 Å². The molecule has 2 aromatic carbocycles. The summed E-state index contributed by atoms with van der Waals surface area (Å²) >= 11 is 12.0. The second-order valence-electron chi connectivity index (χ2n) is 3.78. The quantitative estimate of drug-likeness (QED) is 0.852. The maximum absolute atomic E-state index is 9.90. The van der Waals surface area contributed by atoms with Crippen molar-refractivity contribution in [2.24, 2.45) is 0 Å². The fourth-order valence-corrected chi connectivity index (χ4v) is 1.97. The molecule has 0 radical (unpaired) electrons. The Hall–Kier alpha value is -1.06. The third-order valence-corrected chi connectivity index (χ3v) is 3.24. The summed E-state index contributed by atoms with van der Waals surface area (Å²) in [6, 6.07) is 14.4. The summed E-state index contributed by atoms with van der Waals surface area (Å²) in [6.45, 7) is 0.228. The molecule has 2 aromatic rings. The highest BCUT2D eigenvalue weighted by atomic mass is 35.5. The standard InChI is InChI=1S/C14H12Cl2O2/c15-12-7-3-1-5-10(12)9-18-14(17)11-6-2-4-8-13(11)16/h1-8,14,17H,9H2. The highest BCUT2D eigenvalue weighted by Crippen LogP contribution is 2.25. The minimum Gasteiger partial charge on any atom is -0.364 e. The van der Waals surface area contributed by atoms with Crippen LogP contribution in [0, 0.1) is 0 Å². The lowest BCUT2D eigenvalue weighted by atomic mass is 10.2. The average Bonchev–Trinajstić information content (AvgIpc) is 2.38. The van der Waals surface area contributed by atoms with Crippen molar-refractivity contribution in [1.29, 1.82) is 0 Å². The molecule has 18 heavy (non-hydrogen) atoms. The molecule has 0 saturated carbocycles. The number of hydrogen-bond donors (Lipinski definition) is 1. The average molecular weight is 283 g/mol. The zero-order valence-electron chi connectivity index (χ0n) is 9.51. The van der Waals surface area contributed by atoms with E-state index in [1.54, 1.807) is 30.3 Å². The Morgan fingerprint density at radius 3 is 2.22 bits per heavy atom. The smallest absolute Gasteiger partial charge is 0.183 e. The van der Waals surface area contributed by atoms with Crippen LogP contribution >= 0.6 is 23.2 Å². The van der Waals surface area contributed by atoms with E-state index >= 15 is 0 Å². The van der Waals surface area contributed by atoms with Crippen molar-refractivity contribution in [2.75, 3.05) is 0 Å². The normalized spacial score (nSPS) is 12.4. The van der Waals surface area contributed by atoms with E-state index < -0.39 is 6.29 Å². The van der Waals surface area contributed by atoms with Gasteiger partial charge in [-0.1, -0.05) is 59.6 Å². The SMILES string of the molecule is OC(OCc1ccccc1Cl)c1ccccc1Cl. The molecule has 0 aromatic heterocycles. The van der Waals surface area contributed by atoms with Crippen molar-refractivity contribution in [3.8, 4) is 0 Å². The van der Waals surface area contributed by atoms with Gasteiger partial charge >= 0.3 is 0 Å². The Balaban J connectivity index is 2.03. The Morgan fingerprint density at radius 1 is 0.944 bits per heavy atom. The number of halogens is 2. The van der Waals surface area contributed by atoms with Crippen LogP contribution in [0.25, 0.3) is 0 Å². The second kappa shape index (κ2) is 6.21. The molecule has 94 valence electrons. The third-order valence-electron chi connectivity index (χ3n) is 2.53. The molecule has 0 aliphatic heterocycles. The van der Waals surface area contributed by atoms with Crippen LogP contribution in [0.15, 0.2) is 48.5 Å². The molecule has 1 atom stereocenters. The van der Waals surface area contributed by atoms with Gasteiger partial charge in [-0.2, -0.15) is 0 Å². The first-order chi connectivity index (χ1) is 8.68. The molecular formula is C14H12Cl2O2. The minimum absolute atomic E-state index is 0.228. The second-order valence-corrected chi connectivity index (χ2v) is 4.59. The van der Waals surface area contributed by atoms with Crippen LogP contribution in [0.3, 0.4) is 0 Å². The first-order valence-electron chi connectivity index (χ1n) is 5.46. The summed E-state index contributed by atoms with van der Waals surface area (Å²) in [5.74, 6) is 0. The highest BCUT2D eigenvalue weighted by molar-refractivity contribution is 6.31. The molecule has 2 rings (SSSR count). The molecular weight excluding hydrogens is 271 g/mol. The van der Waals surface area contributed by atoms with Gasteiger partial charge in [0.25, 0.3) is 0 Å². The molecule has 0 fully saturated rings. The number of hydrogen-bond acceptors (Lipinski definition) is 2. The van der Waals surface area contributed by atoms with Crippen LogP contribution in [0.1, 0.15) is 17.4 Å². The van der Waals surface area contributed by atoms with Crippen molar-refractivity contribution < 1.29 is 9.84 Å². The molecule has 0 aliphatic rings. The largest absolute Gasteiger partial charge is 0.364 e. The van der Waals surface area contributed by atoms with Crippen LogP contribution < -0.4 is 0 Å². The molecule has 1 N–H and O–H groups in total. The predicted molar refractivity (Wildman–Crippen MR) is 72.7 cm³/mol. The van der Waals surface area contributed by atoms with E-state index in [1.807, 2.05) is 18.2 Å². The van der Waals surface area contributed by atoms with Crippen LogP contribution in [0.4, 0.5) is 0 Å². The van der Waals surface area contributed by atoms with E-state index in [0.717, 1.165) is 5.56 Å². The van der Waals surface area contributed by atoms with Crippen LogP contribution in [0.5, 0.6) is 0 Å². The first-order valence-corrected chi connectivity index (χ1v) is 6.21. The highest BCUT2D eigenvalue weighted by Gasteiger charge is 2.12.